The van der Waals surface area contributed by atoms with E-state index in [9.17, 15) is 4.79 Å². The summed E-state index contributed by atoms with van der Waals surface area (Å²) in [7, 11) is 1.65. The van der Waals surface area contributed by atoms with Crippen LogP contribution in [0, 0.1) is 0 Å². The van der Waals surface area contributed by atoms with Gasteiger partial charge in [0.1, 0.15) is 11.6 Å². The molecule has 1 amide bonds. The fourth-order valence-electron chi connectivity index (χ4n) is 2.68. The first-order valence-corrected chi connectivity index (χ1v) is 8.75. The van der Waals surface area contributed by atoms with Crippen molar-refractivity contribution in [3.05, 3.63) is 83.8 Å². The van der Waals surface area contributed by atoms with Crippen LogP contribution in [0.25, 0.3) is 0 Å². The number of ether oxygens (including phenoxy) is 1. The second-order valence-electron chi connectivity index (χ2n) is 5.96. The normalized spacial score (nSPS) is 10.3. The van der Waals surface area contributed by atoms with Crippen LogP contribution in [0.1, 0.15) is 21.5 Å². The molecular weight excluding hydrogens is 340 g/mol. The predicted octanol–water partition coefficient (Wildman–Crippen LogP) is 3.07. The second kappa shape index (κ2) is 9.33. The molecule has 27 heavy (non-hydrogen) atoms. The Morgan fingerprint density at radius 2 is 1.89 bits per heavy atom. The molecule has 3 aromatic rings. The summed E-state index contributed by atoms with van der Waals surface area (Å²) >= 11 is 0. The lowest BCUT2D eigenvalue weighted by Crippen LogP contribution is -2.26. The molecule has 0 saturated heterocycles. The second-order valence-corrected chi connectivity index (χ2v) is 5.96. The largest absolute Gasteiger partial charge is 0.496 e. The number of hydrogen-bond acceptors (Lipinski definition) is 5. The number of pyridine rings is 2. The lowest BCUT2D eigenvalue weighted by atomic mass is 10.1. The Morgan fingerprint density at radius 3 is 2.70 bits per heavy atom. The first kappa shape index (κ1) is 18.4. The summed E-state index contributed by atoms with van der Waals surface area (Å²) in [6.45, 7) is 1.15. The Labute approximate surface area is 158 Å². The summed E-state index contributed by atoms with van der Waals surface area (Å²) in [5.41, 5.74) is 2.73. The summed E-state index contributed by atoms with van der Waals surface area (Å²) in [5, 5.41) is 6.16. The summed E-state index contributed by atoms with van der Waals surface area (Å²) in [6, 6.07) is 15.1. The van der Waals surface area contributed by atoms with Crippen LogP contribution in [-0.4, -0.2) is 29.5 Å². The van der Waals surface area contributed by atoms with E-state index in [4.69, 9.17) is 4.74 Å². The molecular formula is C21H22N4O2. The SMILES string of the molecule is COc1ccccc1CCNC(=O)c1ccnc(NCc2ccncc2)c1. The van der Waals surface area contributed by atoms with Gasteiger partial charge in [0, 0.05) is 37.2 Å². The highest BCUT2D eigenvalue weighted by Gasteiger charge is 2.08. The molecule has 6 nitrogen and oxygen atoms in total. The zero-order valence-electron chi connectivity index (χ0n) is 15.2. The van der Waals surface area contributed by atoms with E-state index < -0.39 is 0 Å². The van der Waals surface area contributed by atoms with Gasteiger partial charge in [-0.05, 0) is 47.9 Å². The molecule has 0 aliphatic heterocycles. The minimum absolute atomic E-state index is 0.126. The van der Waals surface area contributed by atoms with E-state index in [-0.39, 0.29) is 5.91 Å². The molecule has 2 aromatic heterocycles. The van der Waals surface area contributed by atoms with Gasteiger partial charge in [-0.25, -0.2) is 4.98 Å². The van der Waals surface area contributed by atoms with Crippen LogP contribution in [0.15, 0.2) is 67.1 Å². The molecule has 0 saturated carbocycles. The van der Waals surface area contributed by atoms with E-state index in [0.29, 0.717) is 30.9 Å². The van der Waals surface area contributed by atoms with E-state index in [2.05, 4.69) is 20.6 Å². The van der Waals surface area contributed by atoms with Gasteiger partial charge >= 0.3 is 0 Å². The van der Waals surface area contributed by atoms with Crippen molar-refractivity contribution in [3.63, 3.8) is 0 Å². The number of nitrogens with zero attached hydrogens (tertiary/aromatic N) is 2. The van der Waals surface area contributed by atoms with E-state index in [0.717, 1.165) is 16.9 Å². The molecule has 0 radical (unpaired) electrons. The van der Waals surface area contributed by atoms with E-state index >= 15 is 0 Å². The Morgan fingerprint density at radius 1 is 1.07 bits per heavy atom. The topological polar surface area (TPSA) is 76.1 Å². The van der Waals surface area contributed by atoms with Crippen LogP contribution in [0.5, 0.6) is 5.75 Å². The number of anilines is 1. The molecule has 2 N–H and O–H groups in total. The fourth-order valence-corrected chi connectivity index (χ4v) is 2.68. The van der Waals surface area contributed by atoms with Gasteiger partial charge in [-0.2, -0.15) is 0 Å². The average molecular weight is 362 g/mol. The van der Waals surface area contributed by atoms with Crippen LogP contribution in [-0.2, 0) is 13.0 Å². The molecule has 0 bridgehead atoms. The zero-order chi connectivity index (χ0) is 18.9. The molecule has 138 valence electrons. The Hall–Kier alpha value is -3.41. The number of amides is 1. The van der Waals surface area contributed by atoms with E-state index in [1.165, 1.54) is 0 Å². The lowest BCUT2D eigenvalue weighted by Gasteiger charge is -2.10. The average Bonchev–Trinajstić information content (AvgIpc) is 2.73. The Bertz CT molecular complexity index is 884. The minimum Gasteiger partial charge on any atom is -0.496 e. The van der Waals surface area contributed by atoms with E-state index in [1.54, 1.807) is 37.8 Å². The van der Waals surface area contributed by atoms with Gasteiger partial charge in [0.25, 0.3) is 5.91 Å². The predicted molar refractivity (Wildman–Crippen MR) is 105 cm³/mol. The third kappa shape index (κ3) is 5.28. The number of nitrogens with one attached hydrogen (secondary N) is 2. The molecule has 0 aliphatic rings. The molecule has 2 heterocycles. The third-order valence-electron chi connectivity index (χ3n) is 4.12. The standard InChI is InChI=1S/C21H22N4O2/c1-27-19-5-3-2-4-17(19)8-13-24-21(26)18-9-12-23-20(14-18)25-15-16-6-10-22-11-7-16/h2-7,9-12,14H,8,13,15H2,1H3,(H,23,25)(H,24,26). The number of rotatable bonds is 8. The maximum atomic E-state index is 12.4. The first-order valence-electron chi connectivity index (χ1n) is 8.75. The minimum atomic E-state index is -0.126. The van der Waals surface area contributed by atoms with Gasteiger partial charge < -0.3 is 15.4 Å². The van der Waals surface area contributed by atoms with Gasteiger partial charge in [0.05, 0.1) is 7.11 Å². The number of methoxy groups -OCH3 is 1. The maximum Gasteiger partial charge on any atom is 0.251 e. The third-order valence-corrected chi connectivity index (χ3v) is 4.12. The lowest BCUT2D eigenvalue weighted by molar-refractivity contribution is 0.0954. The van der Waals surface area contributed by atoms with E-state index in [1.807, 2.05) is 36.4 Å². The summed E-state index contributed by atoms with van der Waals surface area (Å²) in [6.07, 6.45) is 5.82. The monoisotopic (exact) mass is 362 g/mol. The van der Waals surface area contributed by atoms with Gasteiger partial charge in [-0.15, -0.1) is 0 Å². The quantitative estimate of drug-likeness (QED) is 0.644. The number of hydrogen-bond donors (Lipinski definition) is 2. The number of aromatic nitrogens is 2. The molecule has 0 spiro atoms. The Balaban J connectivity index is 1.54. The number of carbonyl (C=O) groups excluding carboxylic acids is 1. The van der Waals surface area contributed by atoms with Crippen molar-refractivity contribution in [2.75, 3.05) is 19.0 Å². The van der Waals surface area contributed by atoms with Crippen molar-refractivity contribution in [2.45, 2.75) is 13.0 Å². The summed E-state index contributed by atoms with van der Waals surface area (Å²) in [5.74, 6) is 1.36. The number of benzene rings is 1. The van der Waals surface area contributed by atoms with Crippen LogP contribution in [0.2, 0.25) is 0 Å². The van der Waals surface area contributed by atoms with Crippen molar-refractivity contribution >= 4 is 11.7 Å². The molecule has 0 unspecified atom stereocenters. The highest BCUT2D eigenvalue weighted by molar-refractivity contribution is 5.94. The van der Waals surface area contributed by atoms with Crippen molar-refractivity contribution in [2.24, 2.45) is 0 Å². The smallest absolute Gasteiger partial charge is 0.251 e. The highest BCUT2D eigenvalue weighted by atomic mass is 16.5. The summed E-state index contributed by atoms with van der Waals surface area (Å²) < 4.78 is 5.33. The van der Waals surface area contributed by atoms with Gasteiger partial charge in [0.2, 0.25) is 0 Å². The molecule has 1 aromatic carbocycles. The van der Waals surface area contributed by atoms with Crippen LogP contribution in [0.3, 0.4) is 0 Å². The molecule has 0 aliphatic carbocycles. The van der Waals surface area contributed by atoms with Crippen LogP contribution >= 0.6 is 0 Å². The van der Waals surface area contributed by atoms with Gasteiger partial charge in [-0.3, -0.25) is 9.78 Å². The van der Waals surface area contributed by atoms with Crippen molar-refractivity contribution < 1.29 is 9.53 Å². The first-order chi connectivity index (χ1) is 13.3. The maximum absolute atomic E-state index is 12.4. The fraction of sp³-hybridized carbons (Fsp3) is 0.190. The summed E-state index contributed by atoms with van der Waals surface area (Å²) in [4.78, 5) is 20.7. The van der Waals surface area contributed by atoms with Gasteiger partial charge in [-0.1, -0.05) is 18.2 Å². The Kier molecular flexibility index (Phi) is 6.35. The van der Waals surface area contributed by atoms with Gasteiger partial charge in [0.15, 0.2) is 0 Å². The van der Waals surface area contributed by atoms with Crippen molar-refractivity contribution in [1.82, 2.24) is 15.3 Å². The van der Waals surface area contributed by atoms with Crippen LogP contribution in [0.4, 0.5) is 5.82 Å². The number of para-hydroxylation sites is 1. The molecule has 0 atom stereocenters. The van der Waals surface area contributed by atoms with Crippen LogP contribution < -0.4 is 15.4 Å². The molecule has 3 rings (SSSR count). The van der Waals surface area contributed by atoms with Crippen molar-refractivity contribution in [3.8, 4) is 5.75 Å². The zero-order valence-corrected chi connectivity index (χ0v) is 15.2. The molecule has 0 fully saturated rings. The highest BCUT2D eigenvalue weighted by Crippen LogP contribution is 2.17. The molecule has 6 heteroatoms. The number of carbonyl (C=O) groups is 1. The van der Waals surface area contributed by atoms with Crippen molar-refractivity contribution in [1.29, 1.82) is 0 Å².